The van der Waals surface area contributed by atoms with Crippen LogP contribution in [0.3, 0.4) is 0 Å². The highest BCUT2D eigenvalue weighted by atomic mass is 32.2. The van der Waals surface area contributed by atoms with E-state index >= 15 is 0 Å². The molecule has 0 aliphatic heterocycles. The number of carbonyl (C=O) groups is 2. The number of rotatable bonds is 6. The molecule has 0 fully saturated rings. The number of benzene rings is 1. The number of aryl methyl sites for hydroxylation is 3. The summed E-state index contributed by atoms with van der Waals surface area (Å²) < 4.78 is 5.10. The number of hydrogen-bond donors (Lipinski definition) is 2. The SMILES string of the molecule is CCc1sc(C(=O)NNC(=O)c2ccccc2SCc2nc(C)no2)cc1C. The van der Waals surface area contributed by atoms with Gasteiger partial charge in [-0.2, -0.15) is 4.98 Å². The fourth-order valence-corrected chi connectivity index (χ4v) is 4.44. The van der Waals surface area contributed by atoms with Gasteiger partial charge in [-0.05, 0) is 44.0 Å². The molecule has 9 heteroatoms. The molecule has 0 spiro atoms. The molecule has 1 aromatic carbocycles. The van der Waals surface area contributed by atoms with E-state index in [1.807, 2.05) is 32.0 Å². The minimum atomic E-state index is -0.387. The first kappa shape index (κ1) is 20.1. The molecule has 0 atom stereocenters. The Morgan fingerprint density at radius 1 is 1.18 bits per heavy atom. The molecule has 2 N–H and O–H groups in total. The molecule has 0 bridgehead atoms. The molecule has 0 saturated carbocycles. The highest BCUT2D eigenvalue weighted by molar-refractivity contribution is 7.98. The summed E-state index contributed by atoms with van der Waals surface area (Å²) in [6.07, 6.45) is 0.875. The normalized spacial score (nSPS) is 10.7. The van der Waals surface area contributed by atoms with Gasteiger partial charge in [0.2, 0.25) is 5.89 Å². The van der Waals surface area contributed by atoms with Crippen LogP contribution in [0, 0.1) is 13.8 Å². The van der Waals surface area contributed by atoms with Crippen LogP contribution in [0.5, 0.6) is 0 Å². The first-order chi connectivity index (χ1) is 13.5. The van der Waals surface area contributed by atoms with Crippen LogP contribution >= 0.6 is 23.1 Å². The minimum absolute atomic E-state index is 0.326. The van der Waals surface area contributed by atoms with Crippen molar-refractivity contribution in [1.29, 1.82) is 0 Å². The number of nitrogens with one attached hydrogen (secondary N) is 2. The molecule has 0 aliphatic carbocycles. The van der Waals surface area contributed by atoms with Crippen LogP contribution in [-0.4, -0.2) is 22.0 Å². The van der Waals surface area contributed by atoms with Crippen LogP contribution in [0.15, 0.2) is 39.8 Å². The van der Waals surface area contributed by atoms with E-state index in [9.17, 15) is 9.59 Å². The van der Waals surface area contributed by atoms with Crippen LogP contribution in [0.25, 0.3) is 0 Å². The molecule has 7 nitrogen and oxygen atoms in total. The number of hydrazine groups is 1. The molecule has 2 aromatic heterocycles. The summed E-state index contributed by atoms with van der Waals surface area (Å²) in [6.45, 7) is 5.77. The largest absolute Gasteiger partial charge is 0.338 e. The molecular formula is C19H20N4O3S2. The molecule has 0 unspecified atom stereocenters. The predicted octanol–water partition coefficient (Wildman–Crippen LogP) is 3.68. The Kier molecular flexibility index (Phi) is 6.48. The highest BCUT2D eigenvalue weighted by Crippen LogP contribution is 2.26. The minimum Gasteiger partial charge on any atom is -0.338 e. The zero-order valence-corrected chi connectivity index (χ0v) is 17.4. The Bertz CT molecular complexity index is 997. The van der Waals surface area contributed by atoms with E-state index in [-0.39, 0.29) is 11.8 Å². The van der Waals surface area contributed by atoms with E-state index in [0.29, 0.717) is 27.9 Å². The average Bonchev–Trinajstić information content (AvgIpc) is 3.29. The number of nitrogens with zero attached hydrogens (tertiary/aromatic N) is 2. The zero-order chi connectivity index (χ0) is 20.1. The first-order valence-corrected chi connectivity index (χ1v) is 10.5. The fourth-order valence-electron chi connectivity index (χ4n) is 2.54. The van der Waals surface area contributed by atoms with Gasteiger partial charge in [0.1, 0.15) is 0 Å². The van der Waals surface area contributed by atoms with Gasteiger partial charge in [-0.25, -0.2) is 0 Å². The van der Waals surface area contributed by atoms with E-state index in [0.717, 1.165) is 21.8 Å². The third kappa shape index (κ3) is 4.79. The summed E-state index contributed by atoms with van der Waals surface area (Å²) in [5.41, 5.74) is 6.52. The second-order valence-electron chi connectivity index (χ2n) is 6.00. The smallest absolute Gasteiger partial charge is 0.279 e. The number of thioether (sulfide) groups is 1. The number of hydrogen-bond acceptors (Lipinski definition) is 7. The summed E-state index contributed by atoms with van der Waals surface area (Å²) in [4.78, 5) is 31.5. The summed E-state index contributed by atoms with van der Waals surface area (Å²) in [6, 6.07) is 8.99. The monoisotopic (exact) mass is 416 g/mol. The van der Waals surface area contributed by atoms with E-state index in [1.54, 1.807) is 19.1 Å². The molecule has 3 rings (SSSR count). The van der Waals surface area contributed by atoms with Crippen molar-refractivity contribution in [3.63, 3.8) is 0 Å². The topological polar surface area (TPSA) is 97.1 Å². The van der Waals surface area contributed by atoms with E-state index in [2.05, 4.69) is 21.0 Å². The Morgan fingerprint density at radius 3 is 2.61 bits per heavy atom. The highest BCUT2D eigenvalue weighted by Gasteiger charge is 2.16. The second-order valence-corrected chi connectivity index (χ2v) is 8.15. The summed E-state index contributed by atoms with van der Waals surface area (Å²) in [5.74, 6) is 0.797. The maximum atomic E-state index is 12.6. The molecule has 146 valence electrons. The van der Waals surface area contributed by atoms with Crippen molar-refractivity contribution in [1.82, 2.24) is 21.0 Å². The predicted molar refractivity (Wildman–Crippen MR) is 108 cm³/mol. The summed E-state index contributed by atoms with van der Waals surface area (Å²) in [7, 11) is 0. The third-order valence-corrected chi connectivity index (χ3v) is 6.35. The van der Waals surface area contributed by atoms with Crippen molar-refractivity contribution in [2.75, 3.05) is 0 Å². The lowest BCUT2D eigenvalue weighted by molar-refractivity contribution is 0.0847. The maximum absolute atomic E-state index is 12.6. The average molecular weight is 417 g/mol. The second kappa shape index (κ2) is 9.03. The van der Waals surface area contributed by atoms with Crippen molar-refractivity contribution in [2.45, 2.75) is 37.8 Å². The van der Waals surface area contributed by atoms with Gasteiger partial charge in [-0.15, -0.1) is 23.1 Å². The quantitative estimate of drug-likeness (QED) is 0.470. The van der Waals surface area contributed by atoms with Crippen LogP contribution in [0.4, 0.5) is 0 Å². The summed E-state index contributed by atoms with van der Waals surface area (Å²) >= 11 is 2.85. The van der Waals surface area contributed by atoms with E-state index < -0.39 is 0 Å². The molecule has 28 heavy (non-hydrogen) atoms. The molecule has 2 amide bonds. The van der Waals surface area contributed by atoms with Gasteiger partial charge in [-0.3, -0.25) is 20.4 Å². The molecule has 2 heterocycles. The molecule has 0 aliphatic rings. The van der Waals surface area contributed by atoms with Crippen molar-refractivity contribution >= 4 is 34.9 Å². The maximum Gasteiger partial charge on any atom is 0.279 e. The van der Waals surface area contributed by atoms with Crippen molar-refractivity contribution < 1.29 is 14.1 Å². The first-order valence-electron chi connectivity index (χ1n) is 8.69. The van der Waals surface area contributed by atoms with Crippen LogP contribution in [0.1, 0.15) is 49.1 Å². The lowest BCUT2D eigenvalue weighted by Crippen LogP contribution is -2.41. The number of aromatic nitrogens is 2. The Balaban J connectivity index is 1.63. The Morgan fingerprint density at radius 2 is 1.93 bits per heavy atom. The molecule has 0 radical (unpaired) electrons. The zero-order valence-electron chi connectivity index (χ0n) is 15.7. The molecule has 3 aromatic rings. The fraction of sp³-hybridized carbons (Fsp3) is 0.263. The lowest BCUT2D eigenvalue weighted by Gasteiger charge is -2.09. The van der Waals surface area contributed by atoms with Crippen molar-refractivity contribution in [3.8, 4) is 0 Å². The van der Waals surface area contributed by atoms with Gasteiger partial charge in [0, 0.05) is 9.77 Å². The van der Waals surface area contributed by atoms with E-state index in [4.69, 9.17) is 4.52 Å². The number of thiophene rings is 1. The van der Waals surface area contributed by atoms with Gasteiger partial charge >= 0.3 is 0 Å². The van der Waals surface area contributed by atoms with Gasteiger partial charge in [0.05, 0.1) is 16.2 Å². The van der Waals surface area contributed by atoms with E-state index in [1.165, 1.54) is 23.1 Å². The van der Waals surface area contributed by atoms with Gasteiger partial charge in [-0.1, -0.05) is 24.2 Å². The van der Waals surface area contributed by atoms with Gasteiger partial charge in [0.15, 0.2) is 5.82 Å². The van der Waals surface area contributed by atoms with Crippen molar-refractivity contribution in [3.05, 3.63) is 62.9 Å². The number of amides is 2. The standard InChI is InChI=1S/C19H20N4O3S2/c1-4-14-11(2)9-16(28-14)19(25)22-21-18(24)13-7-5-6-8-15(13)27-10-17-20-12(3)23-26-17/h5-9H,4,10H2,1-3H3,(H,21,24)(H,22,25). The Labute approximate surface area is 170 Å². The van der Waals surface area contributed by atoms with Crippen molar-refractivity contribution in [2.24, 2.45) is 0 Å². The summed E-state index contributed by atoms with van der Waals surface area (Å²) in [5, 5.41) is 3.75. The van der Waals surface area contributed by atoms with Gasteiger partial charge < -0.3 is 4.52 Å². The van der Waals surface area contributed by atoms with Crippen LogP contribution < -0.4 is 10.9 Å². The van der Waals surface area contributed by atoms with Crippen LogP contribution in [-0.2, 0) is 12.2 Å². The third-order valence-electron chi connectivity index (χ3n) is 3.91. The Hall–Kier alpha value is -2.65. The van der Waals surface area contributed by atoms with Crippen LogP contribution in [0.2, 0.25) is 0 Å². The van der Waals surface area contributed by atoms with Gasteiger partial charge in [0.25, 0.3) is 11.8 Å². The molecule has 0 saturated heterocycles. The molecular weight excluding hydrogens is 396 g/mol. The number of carbonyl (C=O) groups excluding carboxylic acids is 2. The lowest BCUT2D eigenvalue weighted by atomic mass is 10.2.